The van der Waals surface area contributed by atoms with Crippen molar-refractivity contribution in [2.75, 3.05) is 20.3 Å². The van der Waals surface area contributed by atoms with Gasteiger partial charge in [0.2, 0.25) is 0 Å². The van der Waals surface area contributed by atoms with E-state index in [0.29, 0.717) is 23.6 Å². The number of carbonyl (C=O) groups is 2. The van der Waals surface area contributed by atoms with E-state index in [1.54, 1.807) is 22.9 Å². The van der Waals surface area contributed by atoms with Crippen LogP contribution in [0.15, 0.2) is 29.4 Å². The van der Waals surface area contributed by atoms with E-state index < -0.39 is 0 Å². The van der Waals surface area contributed by atoms with Crippen molar-refractivity contribution < 1.29 is 19.1 Å². The van der Waals surface area contributed by atoms with Gasteiger partial charge in [0.25, 0.3) is 11.8 Å². The van der Waals surface area contributed by atoms with Gasteiger partial charge >= 0.3 is 0 Å². The van der Waals surface area contributed by atoms with Gasteiger partial charge < -0.3 is 14.8 Å². The van der Waals surface area contributed by atoms with E-state index in [4.69, 9.17) is 9.47 Å². The maximum Gasteiger partial charge on any atom is 0.261 e. The van der Waals surface area contributed by atoms with Gasteiger partial charge in [0.1, 0.15) is 6.54 Å². The molecule has 2 aromatic rings. The second-order valence-corrected chi connectivity index (χ2v) is 6.03. The molecule has 2 amide bonds. The third-order valence-corrected chi connectivity index (χ3v) is 3.72. The maximum atomic E-state index is 12.0. The Labute approximate surface area is 163 Å². The summed E-state index contributed by atoms with van der Waals surface area (Å²) in [4.78, 5) is 23.5. The van der Waals surface area contributed by atoms with Gasteiger partial charge in [-0.15, -0.1) is 0 Å². The molecule has 9 heteroatoms. The average molecular weight is 387 g/mol. The summed E-state index contributed by atoms with van der Waals surface area (Å²) < 4.78 is 12.4. The highest BCUT2D eigenvalue weighted by molar-refractivity contribution is 5.83. The zero-order chi connectivity index (χ0) is 20.5. The van der Waals surface area contributed by atoms with Crippen molar-refractivity contribution in [1.82, 2.24) is 20.5 Å². The third kappa shape index (κ3) is 6.11. The van der Waals surface area contributed by atoms with Crippen LogP contribution in [0, 0.1) is 13.8 Å². The lowest BCUT2D eigenvalue weighted by Gasteiger charge is -2.11. The van der Waals surface area contributed by atoms with Gasteiger partial charge in [0.05, 0.1) is 19.0 Å². The first kappa shape index (κ1) is 20.9. The minimum absolute atomic E-state index is 0.0902. The Morgan fingerprint density at radius 3 is 2.64 bits per heavy atom. The van der Waals surface area contributed by atoms with Crippen LogP contribution in [0.2, 0.25) is 0 Å². The number of rotatable bonds is 9. The van der Waals surface area contributed by atoms with Crippen LogP contribution in [-0.2, 0) is 16.1 Å². The van der Waals surface area contributed by atoms with Gasteiger partial charge in [-0.1, -0.05) is 0 Å². The van der Waals surface area contributed by atoms with Crippen molar-refractivity contribution in [3.05, 3.63) is 41.2 Å². The smallest absolute Gasteiger partial charge is 0.261 e. The van der Waals surface area contributed by atoms with Crippen LogP contribution in [-0.4, -0.2) is 48.1 Å². The number of aryl methyl sites for hydroxylation is 2. The Kier molecular flexibility index (Phi) is 7.55. The predicted octanol–water partition coefficient (Wildman–Crippen LogP) is 1.17. The first-order valence-electron chi connectivity index (χ1n) is 8.83. The van der Waals surface area contributed by atoms with Crippen LogP contribution in [0.25, 0.3) is 0 Å². The number of likely N-dealkylation sites (N-methyl/N-ethyl adjacent to an activating group) is 1. The van der Waals surface area contributed by atoms with E-state index in [0.717, 1.165) is 11.4 Å². The molecule has 2 N–H and O–H groups in total. The lowest BCUT2D eigenvalue weighted by atomic mass is 10.2. The summed E-state index contributed by atoms with van der Waals surface area (Å²) in [6.45, 7) is 6.13. The van der Waals surface area contributed by atoms with Crippen LogP contribution in [0.4, 0.5) is 0 Å². The first-order chi connectivity index (χ1) is 13.4. The summed E-state index contributed by atoms with van der Waals surface area (Å²) in [5.41, 5.74) is 4.93. The van der Waals surface area contributed by atoms with E-state index in [1.165, 1.54) is 13.3 Å². The van der Waals surface area contributed by atoms with Crippen molar-refractivity contribution in [1.29, 1.82) is 0 Å². The summed E-state index contributed by atoms with van der Waals surface area (Å²) in [6, 6.07) is 7.02. The number of nitrogens with zero attached hydrogens (tertiary/aromatic N) is 3. The summed E-state index contributed by atoms with van der Waals surface area (Å²) in [5.74, 6) is 0.415. The quantitative estimate of drug-likeness (QED) is 0.496. The summed E-state index contributed by atoms with van der Waals surface area (Å²) >= 11 is 0. The lowest BCUT2D eigenvalue weighted by molar-refractivity contribution is -0.123. The Hall–Kier alpha value is -3.36. The summed E-state index contributed by atoms with van der Waals surface area (Å²) in [6.07, 6.45) is 1.50. The molecule has 0 aliphatic carbocycles. The van der Waals surface area contributed by atoms with Crippen LogP contribution in [0.3, 0.4) is 0 Å². The Morgan fingerprint density at radius 2 is 2.00 bits per heavy atom. The molecule has 1 heterocycles. The number of hydrogen-bond acceptors (Lipinski definition) is 6. The molecule has 1 aromatic heterocycles. The van der Waals surface area contributed by atoms with Crippen molar-refractivity contribution >= 4 is 18.0 Å². The van der Waals surface area contributed by atoms with Crippen LogP contribution in [0.5, 0.6) is 11.5 Å². The molecule has 0 radical (unpaired) electrons. The highest BCUT2D eigenvalue weighted by Crippen LogP contribution is 2.27. The van der Waals surface area contributed by atoms with Crippen molar-refractivity contribution in [3.8, 4) is 11.5 Å². The zero-order valence-corrected chi connectivity index (χ0v) is 16.5. The van der Waals surface area contributed by atoms with Gasteiger partial charge in [-0.05, 0) is 50.6 Å². The number of amides is 2. The topological polar surface area (TPSA) is 107 Å². The largest absolute Gasteiger partial charge is 0.493 e. The maximum absolute atomic E-state index is 12.0. The van der Waals surface area contributed by atoms with Crippen molar-refractivity contribution in [3.63, 3.8) is 0 Å². The number of methoxy groups -OCH3 is 1. The SMILES string of the molecule is CCNC(=O)COc1ccc(/C=N/NC(=O)Cn2nc(C)cc2C)cc1OC. The van der Waals surface area contributed by atoms with Gasteiger partial charge in [0, 0.05) is 12.2 Å². The third-order valence-electron chi connectivity index (χ3n) is 3.72. The summed E-state index contributed by atoms with van der Waals surface area (Å²) in [5, 5.41) is 10.8. The molecule has 0 unspecified atom stereocenters. The second-order valence-electron chi connectivity index (χ2n) is 6.03. The van der Waals surface area contributed by atoms with Crippen molar-refractivity contribution in [2.45, 2.75) is 27.3 Å². The number of benzene rings is 1. The first-order valence-corrected chi connectivity index (χ1v) is 8.83. The number of hydrazone groups is 1. The number of ether oxygens (including phenoxy) is 2. The molecule has 0 saturated heterocycles. The fraction of sp³-hybridized carbons (Fsp3) is 0.368. The molecule has 28 heavy (non-hydrogen) atoms. The Bertz CT molecular complexity index is 860. The minimum Gasteiger partial charge on any atom is -0.493 e. The number of carbonyl (C=O) groups excluding carboxylic acids is 2. The normalized spacial score (nSPS) is 10.7. The molecule has 0 bridgehead atoms. The fourth-order valence-electron chi connectivity index (χ4n) is 2.46. The standard InChI is InChI=1S/C19H25N5O4/c1-5-20-19(26)12-28-16-7-6-15(9-17(16)27-4)10-21-22-18(25)11-24-14(3)8-13(2)23-24/h6-10H,5,11-12H2,1-4H3,(H,20,26)(H,22,25)/b21-10+. The molecule has 9 nitrogen and oxygen atoms in total. The molecule has 0 aliphatic heterocycles. The van der Waals surface area contributed by atoms with Gasteiger partial charge in [0.15, 0.2) is 18.1 Å². The molecule has 0 fully saturated rings. The van der Waals surface area contributed by atoms with Gasteiger partial charge in [-0.3, -0.25) is 14.3 Å². The van der Waals surface area contributed by atoms with Crippen molar-refractivity contribution in [2.24, 2.45) is 5.10 Å². The highest BCUT2D eigenvalue weighted by Gasteiger charge is 2.08. The lowest BCUT2D eigenvalue weighted by Crippen LogP contribution is -2.28. The molecular formula is C19H25N5O4. The van der Waals surface area contributed by atoms with E-state index in [-0.39, 0.29) is 25.0 Å². The fourth-order valence-corrected chi connectivity index (χ4v) is 2.46. The average Bonchev–Trinajstić information content (AvgIpc) is 2.97. The molecule has 0 saturated carbocycles. The second kappa shape index (κ2) is 10.1. The Balaban J connectivity index is 1.93. The van der Waals surface area contributed by atoms with Crippen LogP contribution < -0.4 is 20.2 Å². The monoisotopic (exact) mass is 387 g/mol. The van der Waals surface area contributed by atoms with Gasteiger partial charge in [-0.25, -0.2) is 5.43 Å². The molecule has 0 spiro atoms. The molecule has 2 rings (SSSR count). The van der Waals surface area contributed by atoms with Crippen LogP contribution >= 0.6 is 0 Å². The van der Waals surface area contributed by atoms with E-state index in [1.807, 2.05) is 26.8 Å². The van der Waals surface area contributed by atoms with E-state index in [2.05, 4.69) is 20.9 Å². The van der Waals surface area contributed by atoms with E-state index in [9.17, 15) is 9.59 Å². The number of aromatic nitrogens is 2. The molecule has 150 valence electrons. The molecule has 0 aliphatic rings. The minimum atomic E-state index is -0.281. The molecular weight excluding hydrogens is 362 g/mol. The van der Waals surface area contributed by atoms with Crippen LogP contribution in [0.1, 0.15) is 23.9 Å². The number of nitrogens with one attached hydrogen (secondary N) is 2. The predicted molar refractivity (Wildman–Crippen MR) is 105 cm³/mol. The summed E-state index contributed by atoms with van der Waals surface area (Å²) in [7, 11) is 1.51. The molecule has 0 atom stereocenters. The van der Waals surface area contributed by atoms with E-state index >= 15 is 0 Å². The molecule has 1 aromatic carbocycles. The van der Waals surface area contributed by atoms with Gasteiger partial charge in [-0.2, -0.15) is 10.2 Å². The highest BCUT2D eigenvalue weighted by atomic mass is 16.5. The Morgan fingerprint density at radius 1 is 1.21 bits per heavy atom. The zero-order valence-electron chi connectivity index (χ0n) is 16.5. The number of hydrogen-bond donors (Lipinski definition) is 2.